The Morgan fingerprint density at radius 3 is 2.79 bits per heavy atom. The Morgan fingerprint density at radius 2 is 2.14 bits per heavy atom. The van der Waals surface area contributed by atoms with Gasteiger partial charge in [0.25, 0.3) is 5.91 Å². The molecule has 152 valence electrons. The molecule has 1 aliphatic heterocycles. The number of nitrogens with one attached hydrogen (secondary N) is 1. The van der Waals surface area contributed by atoms with Gasteiger partial charge in [-0.3, -0.25) is 9.89 Å². The van der Waals surface area contributed by atoms with Gasteiger partial charge in [0.1, 0.15) is 5.69 Å². The molecule has 5 nitrogen and oxygen atoms in total. The first-order valence-corrected chi connectivity index (χ1v) is 9.45. The van der Waals surface area contributed by atoms with E-state index in [0.717, 1.165) is 31.1 Å². The molecule has 1 aliphatic rings. The predicted octanol–water partition coefficient (Wildman–Crippen LogP) is 4.54. The fourth-order valence-electron chi connectivity index (χ4n) is 3.20. The molecule has 1 N–H and O–H groups in total. The highest BCUT2D eigenvalue weighted by atomic mass is 35.5. The number of ether oxygens (including phenoxy) is 1. The Hall–Kier alpha value is -2.06. The fourth-order valence-corrected chi connectivity index (χ4v) is 3.40. The molecular weight excluding hydrogens is 395 g/mol. The van der Waals surface area contributed by atoms with Crippen LogP contribution in [0.3, 0.4) is 0 Å². The summed E-state index contributed by atoms with van der Waals surface area (Å²) in [7, 11) is 0. The van der Waals surface area contributed by atoms with Crippen LogP contribution in [0.1, 0.15) is 41.0 Å². The van der Waals surface area contributed by atoms with Crippen LogP contribution in [0.4, 0.5) is 13.2 Å². The molecule has 9 heteroatoms. The topological polar surface area (TPSA) is 58.2 Å². The van der Waals surface area contributed by atoms with E-state index in [1.165, 1.54) is 4.90 Å². The molecule has 1 atom stereocenters. The summed E-state index contributed by atoms with van der Waals surface area (Å²) in [5, 5.41) is 5.94. The minimum Gasteiger partial charge on any atom is -0.381 e. The van der Waals surface area contributed by atoms with E-state index < -0.39 is 17.8 Å². The van der Waals surface area contributed by atoms with Crippen LogP contribution in [0.2, 0.25) is 5.02 Å². The average molecular weight is 416 g/mol. The van der Waals surface area contributed by atoms with Crippen LogP contribution in [0, 0.1) is 5.92 Å². The van der Waals surface area contributed by atoms with Crippen molar-refractivity contribution < 1.29 is 22.7 Å². The van der Waals surface area contributed by atoms with E-state index in [0.29, 0.717) is 30.5 Å². The molecule has 0 aliphatic carbocycles. The second-order valence-electron chi connectivity index (χ2n) is 6.85. The number of hydrogen-bond donors (Lipinski definition) is 1. The molecule has 1 aromatic heterocycles. The second kappa shape index (κ2) is 8.96. The first-order valence-electron chi connectivity index (χ1n) is 9.07. The van der Waals surface area contributed by atoms with E-state index in [-0.39, 0.29) is 12.2 Å². The number of nitrogens with zero attached hydrogens (tertiary/aromatic N) is 2. The average Bonchev–Trinajstić information content (AvgIpc) is 3.17. The molecular formula is C19H21ClF3N3O2. The zero-order chi connectivity index (χ0) is 20.1. The highest BCUT2D eigenvalue weighted by Crippen LogP contribution is 2.28. The molecule has 3 rings (SSSR count). The van der Waals surface area contributed by atoms with Crippen LogP contribution in [-0.4, -0.2) is 40.8 Å². The quantitative estimate of drug-likeness (QED) is 0.753. The van der Waals surface area contributed by atoms with E-state index in [1.807, 2.05) is 0 Å². The Labute approximate surface area is 165 Å². The van der Waals surface area contributed by atoms with Gasteiger partial charge in [0.2, 0.25) is 0 Å². The molecule has 1 aromatic carbocycles. The Bertz CT molecular complexity index is 804. The zero-order valence-electron chi connectivity index (χ0n) is 15.1. The zero-order valence-corrected chi connectivity index (χ0v) is 15.9. The number of rotatable bonds is 6. The fraction of sp³-hybridized carbons (Fsp3) is 0.474. The molecule has 2 heterocycles. The summed E-state index contributed by atoms with van der Waals surface area (Å²) in [6, 6.07) is 7.83. The van der Waals surface area contributed by atoms with Crippen molar-refractivity contribution in [3.05, 3.63) is 52.3 Å². The van der Waals surface area contributed by atoms with Gasteiger partial charge in [-0.1, -0.05) is 29.8 Å². The number of alkyl halides is 3. The SMILES string of the molecule is O=C(c1cc(C(F)(F)F)n[nH]1)N(CCC1CCCOC1)Cc1ccccc1Cl. The number of benzene rings is 1. The van der Waals surface area contributed by atoms with Gasteiger partial charge in [-0.25, -0.2) is 0 Å². The van der Waals surface area contributed by atoms with Crippen molar-refractivity contribution in [1.29, 1.82) is 0 Å². The van der Waals surface area contributed by atoms with Gasteiger partial charge in [-0.15, -0.1) is 0 Å². The van der Waals surface area contributed by atoms with E-state index in [9.17, 15) is 18.0 Å². The molecule has 0 saturated carbocycles. The predicted molar refractivity (Wildman–Crippen MR) is 97.9 cm³/mol. The molecule has 0 radical (unpaired) electrons. The van der Waals surface area contributed by atoms with Crippen molar-refractivity contribution in [3.8, 4) is 0 Å². The number of H-pyrrole nitrogens is 1. The van der Waals surface area contributed by atoms with Crippen LogP contribution in [0.15, 0.2) is 30.3 Å². The first kappa shape index (κ1) is 20.7. The lowest BCUT2D eigenvalue weighted by Crippen LogP contribution is -2.34. The minimum atomic E-state index is -4.61. The summed E-state index contributed by atoms with van der Waals surface area (Å²) in [4.78, 5) is 14.4. The maximum Gasteiger partial charge on any atom is 0.435 e. The lowest BCUT2D eigenvalue weighted by Gasteiger charge is -2.27. The maximum absolute atomic E-state index is 12.9. The van der Waals surface area contributed by atoms with Gasteiger partial charge in [0, 0.05) is 37.4 Å². The molecule has 0 spiro atoms. The molecule has 1 saturated heterocycles. The molecule has 1 unspecified atom stereocenters. The highest BCUT2D eigenvalue weighted by Gasteiger charge is 2.35. The summed E-state index contributed by atoms with van der Waals surface area (Å²) in [6.45, 7) is 1.97. The summed E-state index contributed by atoms with van der Waals surface area (Å²) < 4.78 is 43.9. The van der Waals surface area contributed by atoms with Crippen molar-refractivity contribution in [3.63, 3.8) is 0 Å². The van der Waals surface area contributed by atoms with E-state index in [1.54, 1.807) is 24.3 Å². The number of aromatic amines is 1. The number of carbonyl (C=O) groups excluding carboxylic acids is 1. The standard InChI is InChI=1S/C19H21ClF3N3O2/c20-15-6-2-1-5-14(15)11-26(8-7-13-4-3-9-28-12-13)18(27)16-10-17(25-24-16)19(21,22)23/h1-2,5-6,10,13H,3-4,7-9,11-12H2,(H,24,25). The Balaban J connectivity index is 1.76. The van der Waals surface area contributed by atoms with E-state index in [4.69, 9.17) is 16.3 Å². The van der Waals surface area contributed by atoms with Crippen LogP contribution < -0.4 is 0 Å². The van der Waals surface area contributed by atoms with Gasteiger partial charge in [-0.2, -0.15) is 18.3 Å². The summed E-state index contributed by atoms with van der Waals surface area (Å²) in [5.74, 6) is -0.220. The third kappa shape index (κ3) is 5.26. The molecule has 28 heavy (non-hydrogen) atoms. The lowest BCUT2D eigenvalue weighted by atomic mass is 9.98. The van der Waals surface area contributed by atoms with Gasteiger partial charge in [0.15, 0.2) is 5.69 Å². The normalized spacial score (nSPS) is 17.5. The van der Waals surface area contributed by atoms with E-state index >= 15 is 0 Å². The second-order valence-corrected chi connectivity index (χ2v) is 7.26. The number of hydrogen-bond acceptors (Lipinski definition) is 3. The van der Waals surface area contributed by atoms with Gasteiger partial charge >= 0.3 is 6.18 Å². The summed E-state index contributed by atoms with van der Waals surface area (Å²) in [6.07, 6.45) is -1.92. The van der Waals surface area contributed by atoms with Gasteiger partial charge < -0.3 is 9.64 Å². The third-order valence-electron chi connectivity index (χ3n) is 4.77. The summed E-state index contributed by atoms with van der Waals surface area (Å²) >= 11 is 6.20. The largest absolute Gasteiger partial charge is 0.435 e. The minimum absolute atomic E-state index is 0.195. The third-order valence-corrected chi connectivity index (χ3v) is 5.14. The van der Waals surface area contributed by atoms with E-state index in [2.05, 4.69) is 10.2 Å². The van der Waals surface area contributed by atoms with Crippen molar-refractivity contribution in [1.82, 2.24) is 15.1 Å². The van der Waals surface area contributed by atoms with Gasteiger partial charge in [0.05, 0.1) is 0 Å². The number of amides is 1. The van der Waals surface area contributed by atoms with Crippen molar-refractivity contribution >= 4 is 17.5 Å². The smallest absolute Gasteiger partial charge is 0.381 e. The first-order chi connectivity index (χ1) is 13.3. The Morgan fingerprint density at radius 1 is 1.36 bits per heavy atom. The van der Waals surface area contributed by atoms with Crippen molar-refractivity contribution in [2.75, 3.05) is 19.8 Å². The maximum atomic E-state index is 12.9. The molecule has 0 bridgehead atoms. The van der Waals surface area contributed by atoms with Crippen LogP contribution >= 0.6 is 11.6 Å². The van der Waals surface area contributed by atoms with Gasteiger partial charge in [-0.05, 0) is 36.8 Å². The lowest BCUT2D eigenvalue weighted by molar-refractivity contribution is -0.141. The number of aromatic nitrogens is 2. The number of carbonyl (C=O) groups is 1. The molecule has 1 amide bonds. The monoisotopic (exact) mass is 415 g/mol. The van der Waals surface area contributed by atoms with Crippen LogP contribution in [-0.2, 0) is 17.5 Å². The van der Waals surface area contributed by atoms with Crippen molar-refractivity contribution in [2.24, 2.45) is 5.92 Å². The number of halogens is 4. The molecule has 1 fully saturated rings. The van der Waals surface area contributed by atoms with Crippen LogP contribution in [0.5, 0.6) is 0 Å². The van der Waals surface area contributed by atoms with Crippen molar-refractivity contribution in [2.45, 2.75) is 32.0 Å². The molecule has 2 aromatic rings. The van der Waals surface area contributed by atoms with Crippen LogP contribution in [0.25, 0.3) is 0 Å². The highest BCUT2D eigenvalue weighted by molar-refractivity contribution is 6.31. The summed E-state index contributed by atoms with van der Waals surface area (Å²) in [5.41, 5.74) is -0.582. The Kier molecular flexibility index (Phi) is 6.61.